The molecule has 0 aliphatic carbocycles. The molecular weight excluding hydrogens is 260 g/mol. The highest BCUT2D eigenvalue weighted by Gasteiger charge is 2.08. The van der Waals surface area contributed by atoms with Crippen molar-refractivity contribution in [2.75, 3.05) is 0 Å². The van der Waals surface area contributed by atoms with E-state index in [0.717, 1.165) is 38.3 Å². The first-order valence-corrected chi connectivity index (χ1v) is 6.41. The molecule has 4 heteroatoms. The van der Waals surface area contributed by atoms with E-state index in [4.69, 9.17) is 11.6 Å². The normalized spacial score (nSPS) is 11.1. The Labute approximate surface area is 115 Å². The average molecular weight is 273 g/mol. The summed E-state index contributed by atoms with van der Waals surface area (Å²) in [6, 6.07) is 9.81. The predicted molar refractivity (Wildman–Crippen MR) is 78.8 cm³/mol. The summed E-state index contributed by atoms with van der Waals surface area (Å²) in [5, 5.41) is 0.745. The molecule has 0 radical (unpaired) electrons. The van der Waals surface area contributed by atoms with Crippen LogP contribution in [0.25, 0.3) is 22.2 Å². The summed E-state index contributed by atoms with van der Waals surface area (Å²) in [5.74, 6) is 0. The largest absolute Gasteiger partial charge is 0.323 e. The van der Waals surface area contributed by atoms with Crippen LogP contribution in [0.1, 0.15) is 11.1 Å². The number of aryl methyl sites for hydroxylation is 2. The molecule has 0 saturated heterocycles. The van der Waals surface area contributed by atoms with E-state index in [2.05, 4.69) is 9.97 Å². The van der Waals surface area contributed by atoms with Crippen LogP contribution in [0, 0.1) is 13.8 Å². The van der Waals surface area contributed by atoms with Gasteiger partial charge in [-0.1, -0.05) is 17.7 Å². The smallest absolute Gasteiger partial charge is 0.306 e. The van der Waals surface area contributed by atoms with E-state index in [-0.39, 0.29) is 5.69 Å². The van der Waals surface area contributed by atoms with Crippen molar-refractivity contribution < 1.29 is 0 Å². The summed E-state index contributed by atoms with van der Waals surface area (Å²) in [6.45, 7) is 4.08. The highest BCUT2D eigenvalue weighted by molar-refractivity contribution is 6.30. The van der Waals surface area contributed by atoms with Gasteiger partial charge in [-0.15, -0.1) is 0 Å². The Morgan fingerprint density at radius 3 is 2.26 bits per heavy atom. The van der Waals surface area contributed by atoms with Gasteiger partial charge in [0, 0.05) is 5.02 Å². The molecule has 0 aliphatic heterocycles. The lowest BCUT2D eigenvalue weighted by atomic mass is 9.95. The van der Waals surface area contributed by atoms with Crippen molar-refractivity contribution in [1.82, 2.24) is 9.97 Å². The van der Waals surface area contributed by atoms with Crippen molar-refractivity contribution >= 4 is 22.6 Å². The maximum atomic E-state index is 11.3. The van der Waals surface area contributed by atoms with Crippen LogP contribution in [0.15, 0.2) is 35.1 Å². The van der Waals surface area contributed by atoms with E-state index in [1.54, 1.807) is 0 Å². The molecule has 3 rings (SSSR count). The minimum Gasteiger partial charge on any atom is -0.306 e. The van der Waals surface area contributed by atoms with Gasteiger partial charge in [0.15, 0.2) is 0 Å². The van der Waals surface area contributed by atoms with Gasteiger partial charge in [-0.05, 0) is 60.4 Å². The van der Waals surface area contributed by atoms with Gasteiger partial charge in [-0.25, -0.2) is 4.79 Å². The molecule has 1 aromatic heterocycles. The van der Waals surface area contributed by atoms with Gasteiger partial charge in [-0.2, -0.15) is 0 Å². The van der Waals surface area contributed by atoms with Gasteiger partial charge in [0.25, 0.3) is 0 Å². The van der Waals surface area contributed by atoms with E-state index in [1.807, 2.05) is 44.2 Å². The molecular formula is C15H13ClN2O. The minimum absolute atomic E-state index is 0.184. The van der Waals surface area contributed by atoms with E-state index in [1.165, 1.54) is 0 Å². The quantitative estimate of drug-likeness (QED) is 0.696. The first kappa shape index (κ1) is 12.1. The Balaban J connectivity index is 2.27. The van der Waals surface area contributed by atoms with E-state index >= 15 is 0 Å². The van der Waals surface area contributed by atoms with Gasteiger partial charge in [0.2, 0.25) is 0 Å². The van der Waals surface area contributed by atoms with Crippen LogP contribution in [-0.2, 0) is 0 Å². The van der Waals surface area contributed by atoms with Crippen molar-refractivity contribution in [2.24, 2.45) is 0 Å². The van der Waals surface area contributed by atoms with Crippen LogP contribution >= 0.6 is 11.6 Å². The summed E-state index contributed by atoms with van der Waals surface area (Å²) < 4.78 is 0. The molecule has 0 bridgehead atoms. The molecule has 2 aromatic carbocycles. The third-order valence-electron chi connectivity index (χ3n) is 3.30. The number of nitrogens with one attached hydrogen (secondary N) is 2. The van der Waals surface area contributed by atoms with Crippen molar-refractivity contribution in [1.29, 1.82) is 0 Å². The van der Waals surface area contributed by atoms with Crippen LogP contribution in [0.4, 0.5) is 0 Å². The number of H-pyrrole nitrogens is 2. The molecule has 0 saturated carbocycles. The molecule has 0 spiro atoms. The lowest BCUT2D eigenvalue weighted by Crippen LogP contribution is -1.99. The fraction of sp³-hybridized carbons (Fsp3) is 0.133. The molecule has 0 atom stereocenters. The summed E-state index contributed by atoms with van der Waals surface area (Å²) in [4.78, 5) is 16.8. The highest BCUT2D eigenvalue weighted by atomic mass is 35.5. The second-order valence-electron chi connectivity index (χ2n) is 4.75. The van der Waals surface area contributed by atoms with E-state index in [9.17, 15) is 4.79 Å². The summed E-state index contributed by atoms with van der Waals surface area (Å²) in [6.07, 6.45) is 0. The van der Waals surface area contributed by atoms with Crippen molar-refractivity contribution in [3.05, 3.63) is 57.0 Å². The molecule has 0 aliphatic rings. The summed E-state index contributed by atoms with van der Waals surface area (Å²) in [7, 11) is 0. The number of hydrogen-bond donors (Lipinski definition) is 2. The second-order valence-corrected chi connectivity index (χ2v) is 5.19. The average Bonchev–Trinajstić information content (AvgIpc) is 2.67. The third kappa shape index (κ3) is 2.06. The van der Waals surface area contributed by atoms with E-state index < -0.39 is 0 Å². The maximum Gasteiger partial charge on any atom is 0.323 e. The second kappa shape index (κ2) is 4.28. The first-order valence-electron chi connectivity index (χ1n) is 6.04. The lowest BCUT2D eigenvalue weighted by molar-refractivity contribution is 1.22. The Hall–Kier alpha value is -2.00. The molecule has 0 fully saturated rings. The molecule has 0 amide bonds. The molecule has 0 unspecified atom stereocenters. The van der Waals surface area contributed by atoms with Crippen LogP contribution in [0.3, 0.4) is 0 Å². The summed E-state index contributed by atoms with van der Waals surface area (Å²) in [5.41, 5.74) is 5.94. The molecule has 3 aromatic rings. The number of fused-ring (bicyclic) bond motifs is 1. The number of aromatic amines is 2. The topological polar surface area (TPSA) is 48.6 Å². The van der Waals surface area contributed by atoms with Gasteiger partial charge in [0.1, 0.15) is 0 Å². The summed E-state index contributed by atoms with van der Waals surface area (Å²) >= 11 is 6.06. The molecule has 3 nitrogen and oxygen atoms in total. The SMILES string of the molecule is Cc1cc(Cl)cc(C)c1-c1ccc2[nH]c(=O)[nH]c2c1. The molecule has 96 valence electrons. The molecule has 1 heterocycles. The maximum absolute atomic E-state index is 11.3. The van der Waals surface area contributed by atoms with Gasteiger partial charge in [-0.3, -0.25) is 0 Å². The van der Waals surface area contributed by atoms with Gasteiger partial charge < -0.3 is 9.97 Å². The Morgan fingerprint density at radius 2 is 1.58 bits per heavy atom. The zero-order valence-corrected chi connectivity index (χ0v) is 11.4. The number of benzene rings is 2. The fourth-order valence-corrected chi connectivity index (χ4v) is 2.88. The monoisotopic (exact) mass is 272 g/mol. The Bertz CT molecular complexity index is 807. The fourth-order valence-electron chi connectivity index (χ4n) is 2.55. The van der Waals surface area contributed by atoms with Crippen LogP contribution in [-0.4, -0.2) is 9.97 Å². The highest BCUT2D eigenvalue weighted by Crippen LogP contribution is 2.31. The number of rotatable bonds is 1. The zero-order chi connectivity index (χ0) is 13.6. The first-order chi connectivity index (χ1) is 9.04. The van der Waals surface area contributed by atoms with Crippen LogP contribution < -0.4 is 5.69 Å². The zero-order valence-electron chi connectivity index (χ0n) is 10.7. The molecule has 19 heavy (non-hydrogen) atoms. The standard InChI is InChI=1S/C15H13ClN2O/c1-8-5-11(16)6-9(2)14(8)10-3-4-12-13(7-10)18-15(19)17-12/h3-7H,1-2H3,(H2,17,18,19). The van der Waals surface area contributed by atoms with Crippen LogP contribution in [0.2, 0.25) is 5.02 Å². The predicted octanol–water partition coefficient (Wildman–Crippen LogP) is 3.79. The Kier molecular flexibility index (Phi) is 2.72. The lowest BCUT2D eigenvalue weighted by Gasteiger charge is -2.11. The van der Waals surface area contributed by atoms with Crippen molar-refractivity contribution in [3.63, 3.8) is 0 Å². The molecule has 2 N–H and O–H groups in total. The Morgan fingerprint density at radius 1 is 0.947 bits per heavy atom. The number of imidazole rings is 1. The van der Waals surface area contributed by atoms with Crippen molar-refractivity contribution in [2.45, 2.75) is 13.8 Å². The number of aromatic nitrogens is 2. The van der Waals surface area contributed by atoms with Gasteiger partial charge in [0.05, 0.1) is 11.0 Å². The number of hydrogen-bond acceptors (Lipinski definition) is 1. The number of halogens is 1. The third-order valence-corrected chi connectivity index (χ3v) is 3.52. The van der Waals surface area contributed by atoms with Gasteiger partial charge >= 0.3 is 5.69 Å². The van der Waals surface area contributed by atoms with Crippen molar-refractivity contribution in [3.8, 4) is 11.1 Å². The van der Waals surface area contributed by atoms with Crippen LogP contribution in [0.5, 0.6) is 0 Å². The van der Waals surface area contributed by atoms with E-state index in [0.29, 0.717) is 0 Å². The minimum atomic E-state index is -0.184.